The van der Waals surface area contributed by atoms with Crippen molar-refractivity contribution in [2.45, 2.75) is 9.79 Å². The minimum atomic E-state index is -4.58. The normalized spacial score (nSPS) is 12.2. The first kappa shape index (κ1) is 35.0. The summed E-state index contributed by atoms with van der Waals surface area (Å²) in [7, 11) is -9.02. The summed E-state index contributed by atoms with van der Waals surface area (Å²) in [5, 5.41) is 24.2. The average Bonchev–Trinajstić information content (AvgIpc) is 3.09. The molecule has 0 amide bonds. The van der Waals surface area contributed by atoms with Crippen LogP contribution in [0.3, 0.4) is 0 Å². The summed E-state index contributed by atoms with van der Waals surface area (Å²) in [5.74, 6) is 0. The van der Waals surface area contributed by atoms with Gasteiger partial charge in [-0.1, -0.05) is 78.9 Å². The van der Waals surface area contributed by atoms with Crippen molar-refractivity contribution >= 4 is 116 Å². The van der Waals surface area contributed by atoms with Crippen LogP contribution >= 0.6 is 0 Å². The van der Waals surface area contributed by atoms with Gasteiger partial charge in [-0.15, -0.1) is 20.5 Å². The van der Waals surface area contributed by atoms with Crippen LogP contribution < -0.4 is 5.32 Å². The van der Waals surface area contributed by atoms with E-state index in [1.54, 1.807) is 54.6 Å². The van der Waals surface area contributed by atoms with Gasteiger partial charge < -0.3 is 5.32 Å². The smallest absolute Gasteiger partial charge is 0.295 e. The summed E-state index contributed by atoms with van der Waals surface area (Å²) in [6.07, 6.45) is 0. The molecule has 243 valence electrons. The van der Waals surface area contributed by atoms with Crippen molar-refractivity contribution in [3.8, 4) is 0 Å². The number of anilines is 2. The standard InChI is InChI=1S/C36H25N5O6S2.Na/c42-48(43,44)34-17-7-13-26-27(34)14-6-16-29(26)38-39-30-19-20-31(25-12-5-4-11-24(25)30)40-41-32-21-22-33(37-23-9-2-1-3-10-23)36-28(32)15-8-18-35(36)49(45,46)47;/h1-22,37H,(H,42,43,44)(H,45,46,47);. The van der Waals surface area contributed by atoms with E-state index in [0.717, 1.165) is 16.5 Å². The number of azo groups is 2. The van der Waals surface area contributed by atoms with E-state index in [1.165, 1.54) is 24.3 Å². The van der Waals surface area contributed by atoms with Gasteiger partial charge in [-0.2, -0.15) is 16.8 Å². The summed E-state index contributed by atoms with van der Waals surface area (Å²) in [5.41, 5.74) is 3.04. The molecule has 0 bridgehead atoms. The SMILES string of the molecule is O=S(=O)(O)c1cccc2c(N=Nc3ccc(N=Nc4ccc(Nc5ccccc5)c5c(S(=O)(=O)O)cccc45)c4ccccc34)cccc12.[Na]. The molecule has 3 N–H and O–H groups in total. The number of nitrogens with zero attached hydrogens (tertiary/aromatic N) is 4. The van der Waals surface area contributed by atoms with Gasteiger partial charge in [0.1, 0.15) is 9.79 Å². The summed E-state index contributed by atoms with van der Waals surface area (Å²) in [4.78, 5) is -0.479. The molecule has 7 rings (SSSR count). The van der Waals surface area contributed by atoms with Crippen molar-refractivity contribution in [1.82, 2.24) is 0 Å². The Morgan fingerprint density at radius 1 is 0.420 bits per heavy atom. The number of fused-ring (bicyclic) bond motifs is 3. The maximum atomic E-state index is 12.4. The Bertz CT molecular complexity index is 2710. The maximum absolute atomic E-state index is 12.4. The van der Waals surface area contributed by atoms with Crippen LogP contribution in [0.4, 0.5) is 34.1 Å². The molecular weight excluding hydrogens is 686 g/mol. The Morgan fingerprint density at radius 3 is 1.44 bits per heavy atom. The van der Waals surface area contributed by atoms with Gasteiger partial charge in [0.25, 0.3) is 20.2 Å². The Kier molecular flexibility index (Phi) is 9.91. The van der Waals surface area contributed by atoms with Gasteiger partial charge in [-0.25, -0.2) is 0 Å². The molecule has 50 heavy (non-hydrogen) atoms. The first-order valence-corrected chi connectivity index (χ1v) is 17.7. The molecule has 0 aliphatic heterocycles. The number of hydrogen-bond acceptors (Lipinski definition) is 9. The van der Waals surface area contributed by atoms with Crippen molar-refractivity contribution < 1.29 is 25.9 Å². The summed E-state index contributed by atoms with van der Waals surface area (Å²) < 4.78 is 68.4. The molecule has 0 atom stereocenters. The van der Waals surface area contributed by atoms with Crippen molar-refractivity contribution in [2.75, 3.05) is 5.32 Å². The molecule has 0 unspecified atom stereocenters. The molecule has 7 aromatic rings. The summed E-state index contributed by atoms with van der Waals surface area (Å²) in [6.45, 7) is 0. The molecule has 0 saturated carbocycles. The van der Waals surface area contributed by atoms with Crippen molar-refractivity contribution in [3.05, 3.63) is 133 Å². The monoisotopic (exact) mass is 710 g/mol. The fourth-order valence-electron chi connectivity index (χ4n) is 5.67. The minimum Gasteiger partial charge on any atom is -0.355 e. The fraction of sp³-hybridized carbons (Fsp3) is 0. The molecule has 0 aliphatic carbocycles. The van der Waals surface area contributed by atoms with Crippen molar-refractivity contribution in [1.29, 1.82) is 0 Å². The van der Waals surface area contributed by atoms with Crippen LogP contribution in [-0.4, -0.2) is 55.5 Å². The summed E-state index contributed by atoms with van der Waals surface area (Å²) >= 11 is 0. The fourth-order valence-corrected chi connectivity index (χ4v) is 7.11. The van der Waals surface area contributed by atoms with Gasteiger partial charge in [0, 0.05) is 73.2 Å². The van der Waals surface area contributed by atoms with Gasteiger partial charge >= 0.3 is 0 Å². The van der Waals surface area contributed by atoms with E-state index in [2.05, 4.69) is 25.8 Å². The van der Waals surface area contributed by atoms with Gasteiger partial charge in [0.2, 0.25) is 0 Å². The molecule has 1 radical (unpaired) electrons. The quantitative estimate of drug-likeness (QED) is 0.0800. The van der Waals surface area contributed by atoms with Crippen LogP contribution in [0.5, 0.6) is 0 Å². The van der Waals surface area contributed by atoms with E-state index in [1.807, 2.05) is 54.6 Å². The molecule has 0 fully saturated rings. The largest absolute Gasteiger partial charge is 0.355 e. The molecule has 0 saturated heterocycles. The van der Waals surface area contributed by atoms with E-state index in [9.17, 15) is 25.9 Å². The van der Waals surface area contributed by atoms with Crippen LogP contribution in [0.25, 0.3) is 32.3 Å². The maximum Gasteiger partial charge on any atom is 0.295 e. The predicted molar refractivity (Wildman–Crippen MR) is 195 cm³/mol. The minimum absolute atomic E-state index is 0. The van der Waals surface area contributed by atoms with Gasteiger partial charge in [0.05, 0.1) is 22.7 Å². The molecule has 7 aromatic carbocycles. The Hall–Kier alpha value is -4.86. The van der Waals surface area contributed by atoms with Crippen molar-refractivity contribution in [3.63, 3.8) is 0 Å². The first-order valence-electron chi connectivity index (χ1n) is 14.8. The van der Waals surface area contributed by atoms with Crippen LogP contribution in [-0.2, 0) is 20.2 Å². The second kappa shape index (κ2) is 14.2. The number of benzene rings is 7. The van der Waals surface area contributed by atoms with Gasteiger partial charge in [0.15, 0.2) is 0 Å². The molecule has 14 heteroatoms. The number of hydrogen-bond donors (Lipinski definition) is 3. The third kappa shape index (κ3) is 7.06. The van der Waals surface area contributed by atoms with Crippen LogP contribution in [0.15, 0.2) is 164 Å². The average molecular weight is 711 g/mol. The molecule has 0 aromatic heterocycles. The second-order valence-corrected chi connectivity index (χ2v) is 13.7. The molecule has 0 spiro atoms. The van der Waals surface area contributed by atoms with Gasteiger partial charge in [-0.05, 0) is 54.6 Å². The van der Waals surface area contributed by atoms with Crippen molar-refractivity contribution in [2.24, 2.45) is 20.5 Å². The zero-order valence-corrected chi connectivity index (χ0v) is 30.0. The number of para-hydroxylation sites is 1. The van der Waals surface area contributed by atoms with E-state index >= 15 is 0 Å². The van der Waals surface area contributed by atoms with Gasteiger partial charge in [-0.3, -0.25) is 9.11 Å². The molecular formula is C36H25N5NaO6S2. The Labute approximate surface area is 309 Å². The third-order valence-corrected chi connectivity index (χ3v) is 9.66. The Morgan fingerprint density at radius 2 is 0.840 bits per heavy atom. The Balaban J connectivity index is 0.00000432. The zero-order chi connectivity index (χ0) is 34.2. The molecule has 0 heterocycles. The predicted octanol–water partition coefficient (Wildman–Crippen LogP) is 9.83. The number of rotatable bonds is 8. The van der Waals surface area contributed by atoms with E-state index in [0.29, 0.717) is 44.6 Å². The van der Waals surface area contributed by atoms with Crippen LogP contribution in [0.2, 0.25) is 0 Å². The first-order chi connectivity index (χ1) is 23.6. The zero-order valence-electron chi connectivity index (χ0n) is 26.3. The summed E-state index contributed by atoms with van der Waals surface area (Å²) in [6, 6.07) is 37.6. The number of nitrogens with one attached hydrogen (secondary N) is 1. The van der Waals surface area contributed by atoms with E-state index < -0.39 is 20.2 Å². The van der Waals surface area contributed by atoms with Crippen LogP contribution in [0.1, 0.15) is 0 Å². The third-order valence-electron chi connectivity index (χ3n) is 7.86. The van der Waals surface area contributed by atoms with E-state index in [4.69, 9.17) is 0 Å². The molecule has 11 nitrogen and oxygen atoms in total. The topological polar surface area (TPSA) is 170 Å². The van der Waals surface area contributed by atoms with Crippen LogP contribution in [0, 0.1) is 0 Å². The molecule has 0 aliphatic rings. The second-order valence-electron chi connectivity index (χ2n) is 10.9. The van der Waals surface area contributed by atoms with E-state index in [-0.39, 0.29) is 44.7 Å².